The van der Waals surface area contributed by atoms with Crippen LogP contribution in [0.2, 0.25) is 0 Å². The molecule has 0 radical (unpaired) electrons. The lowest BCUT2D eigenvalue weighted by Crippen LogP contribution is -2.51. The van der Waals surface area contributed by atoms with E-state index in [1.54, 1.807) is 0 Å². The highest BCUT2D eigenvalue weighted by molar-refractivity contribution is 7.80. The van der Waals surface area contributed by atoms with Gasteiger partial charge in [-0.25, -0.2) is 0 Å². The first-order chi connectivity index (χ1) is 6.74. The van der Waals surface area contributed by atoms with E-state index in [9.17, 15) is 0 Å². The molecule has 0 aromatic heterocycles. The highest BCUT2D eigenvalue weighted by Crippen LogP contribution is 2.38. The molecule has 2 unspecified atom stereocenters. The van der Waals surface area contributed by atoms with Gasteiger partial charge >= 0.3 is 0 Å². The van der Waals surface area contributed by atoms with Gasteiger partial charge in [-0.3, -0.25) is 0 Å². The van der Waals surface area contributed by atoms with Gasteiger partial charge in [0.15, 0.2) is 0 Å². The Bertz CT molecular complexity index is 229. The molecule has 1 saturated carbocycles. The number of nitrogens with zero attached hydrogens (tertiary/aromatic N) is 1. The van der Waals surface area contributed by atoms with Gasteiger partial charge in [0.25, 0.3) is 0 Å². The number of piperidine rings is 1. The van der Waals surface area contributed by atoms with Gasteiger partial charge in [0.05, 0.1) is 4.99 Å². The minimum Gasteiger partial charge on any atom is -0.366 e. The molecule has 3 atom stereocenters. The van der Waals surface area contributed by atoms with E-state index in [0.717, 1.165) is 29.8 Å². The fraction of sp³-hybridized carbons (Fsp3) is 0.909. The normalized spacial score (nSPS) is 38.3. The molecule has 2 nitrogen and oxygen atoms in total. The van der Waals surface area contributed by atoms with Crippen LogP contribution in [0.25, 0.3) is 0 Å². The van der Waals surface area contributed by atoms with Gasteiger partial charge in [-0.15, -0.1) is 0 Å². The molecular formula is C11H20N2S. The second-order valence-corrected chi connectivity index (χ2v) is 5.17. The zero-order chi connectivity index (χ0) is 10.1. The van der Waals surface area contributed by atoms with Crippen molar-refractivity contribution in [3.05, 3.63) is 0 Å². The number of thiocarbonyl (C=S) groups is 1. The summed E-state index contributed by atoms with van der Waals surface area (Å²) in [7, 11) is 2.16. The predicted octanol–water partition coefficient (Wildman–Crippen LogP) is 1.78. The summed E-state index contributed by atoms with van der Waals surface area (Å²) in [5.41, 5.74) is 5.84. The van der Waals surface area contributed by atoms with E-state index >= 15 is 0 Å². The largest absolute Gasteiger partial charge is 0.366 e. The predicted molar refractivity (Wildman–Crippen MR) is 63.3 cm³/mol. The third kappa shape index (κ3) is 1.68. The molecule has 1 aliphatic heterocycles. The molecular weight excluding hydrogens is 192 g/mol. The zero-order valence-electron chi connectivity index (χ0n) is 8.91. The minimum atomic E-state index is 0.693. The second-order valence-electron chi connectivity index (χ2n) is 4.70. The first-order valence-corrected chi connectivity index (χ1v) is 6.10. The number of nitrogens with two attached hydrogens (primary N) is 1. The van der Waals surface area contributed by atoms with E-state index in [1.807, 2.05) is 0 Å². The van der Waals surface area contributed by atoms with Gasteiger partial charge in [-0.05, 0) is 44.1 Å². The Morgan fingerprint density at radius 2 is 2.21 bits per heavy atom. The van der Waals surface area contributed by atoms with Crippen LogP contribution < -0.4 is 5.73 Å². The number of rotatable bonds is 1. The maximum atomic E-state index is 5.84. The van der Waals surface area contributed by atoms with E-state index in [2.05, 4.69) is 11.9 Å². The lowest BCUT2D eigenvalue weighted by molar-refractivity contribution is 0.108. The van der Waals surface area contributed by atoms with E-state index in [4.69, 9.17) is 18.0 Å². The number of likely N-dealkylation sites (tertiary alicyclic amines) is 1. The SMILES string of the molecule is CN1C(=S)CC[C@@H]2C(CN)CCCC21. The van der Waals surface area contributed by atoms with E-state index < -0.39 is 0 Å². The van der Waals surface area contributed by atoms with Crippen LogP contribution in [0.5, 0.6) is 0 Å². The van der Waals surface area contributed by atoms with E-state index in [1.165, 1.54) is 25.7 Å². The molecule has 2 N–H and O–H groups in total. The molecule has 2 aliphatic rings. The van der Waals surface area contributed by atoms with Crippen molar-refractivity contribution in [3.63, 3.8) is 0 Å². The Morgan fingerprint density at radius 3 is 2.93 bits per heavy atom. The molecule has 14 heavy (non-hydrogen) atoms. The third-order valence-corrected chi connectivity index (χ3v) is 4.55. The van der Waals surface area contributed by atoms with E-state index in [0.29, 0.717) is 6.04 Å². The summed E-state index contributed by atoms with van der Waals surface area (Å²) in [6, 6.07) is 0.693. The Hall–Kier alpha value is -0.150. The summed E-state index contributed by atoms with van der Waals surface area (Å²) < 4.78 is 0. The second kappa shape index (κ2) is 4.15. The van der Waals surface area contributed by atoms with Gasteiger partial charge in [0.2, 0.25) is 0 Å². The van der Waals surface area contributed by atoms with Gasteiger partial charge < -0.3 is 10.6 Å². The topological polar surface area (TPSA) is 29.3 Å². The number of hydrogen-bond donors (Lipinski definition) is 1. The summed E-state index contributed by atoms with van der Waals surface area (Å²) >= 11 is 5.37. The van der Waals surface area contributed by atoms with Crippen LogP contribution in [0.1, 0.15) is 32.1 Å². The number of hydrogen-bond acceptors (Lipinski definition) is 2. The van der Waals surface area contributed by atoms with Crippen LogP contribution in [0.4, 0.5) is 0 Å². The van der Waals surface area contributed by atoms with Crippen molar-refractivity contribution < 1.29 is 0 Å². The van der Waals surface area contributed by atoms with Crippen molar-refractivity contribution in [1.29, 1.82) is 0 Å². The fourth-order valence-electron chi connectivity index (χ4n) is 3.18. The lowest BCUT2D eigenvalue weighted by Gasteiger charge is -2.47. The van der Waals surface area contributed by atoms with Gasteiger partial charge in [-0.1, -0.05) is 18.6 Å². The first kappa shape index (κ1) is 10.4. The van der Waals surface area contributed by atoms with Crippen LogP contribution in [-0.2, 0) is 0 Å². The summed E-state index contributed by atoms with van der Waals surface area (Å²) in [6.45, 7) is 0.863. The Labute approximate surface area is 91.8 Å². The molecule has 2 rings (SSSR count). The van der Waals surface area contributed by atoms with Crippen LogP contribution in [-0.4, -0.2) is 29.5 Å². The standard InChI is InChI=1S/C11H20N2S/c1-13-10-4-2-3-8(7-12)9(10)5-6-11(13)14/h8-10H,2-7,12H2,1H3/t8?,9-,10?/m1/s1. The van der Waals surface area contributed by atoms with Gasteiger partial charge in [0, 0.05) is 13.1 Å². The average Bonchev–Trinajstić information content (AvgIpc) is 2.23. The Morgan fingerprint density at radius 1 is 1.43 bits per heavy atom. The molecule has 0 aromatic rings. The van der Waals surface area contributed by atoms with Crippen molar-refractivity contribution >= 4 is 17.2 Å². The molecule has 1 aliphatic carbocycles. The van der Waals surface area contributed by atoms with Crippen LogP contribution in [0, 0.1) is 11.8 Å². The third-order valence-electron chi connectivity index (χ3n) is 4.06. The average molecular weight is 212 g/mol. The monoisotopic (exact) mass is 212 g/mol. The quantitative estimate of drug-likeness (QED) is 0.672. The lowest BCUT2D eigenvalue weighted by atomic mass is 9.71. The maximum absolute atomic E-state index is 5.84. The van der Waals surface area contributed by atoms with E-state index in [-0.39, 0.29) is 0 Å². The molecule has 80 valence electrons. The first-order valence-electron chi connectivity index (χ1n) is 5.69. The minimum absolute atomic E-state index is 0.693. The molecule has 0 aromatic carbocycles. The highest BCUT2D eigenvalue weighted by atomic mass is 32.1. The van der Waals surface area contributed by atoms with Gasteiger partial charge in [-0.2, -0.15) is 0 Å². The smallest absolute Gasteiger partial charge is 0.0779 e. The van der Waals surface area contributed by atoms with Crippen LogP contribution in [0.15, 0.2) is 0 Å². The molecule has 1 saturated heterocycles. The molecule has 0 amide bonds. The summed E-state index contributed by atoms with van der Waals surface area (Å²) in [4.78, 5) is 3.50. The fourth-order valence-corrected chi connectivity index (χ4v) is 3.44. The Kier molecular flexibility index (Phi) is 3.07. The highest BCUT2D eigenvalue weighted by Gasteiger charge is 2.38. The molecule has 3 heteroatoms. The summed E-state index contributed by atoms with van der Waals surface area (Å²) in [5, 5.41) is 0. The molecule has 0 bridgehead atoms. The maximum Gasteiger partial charge on any atom is 0.0779 e. The molecule has 1 heterocycles. The van der Waals surface area contributed by atoms with Crippen LogP contribution in [0.3, 0.4) is 0 Å². The molecule has 2 fully saturated rings. The summed E-state index contributed by atoms with van der Waals surface area (Å²) in [5.74, 6) is 1.56. The van der Waals surface area contributed by atoms with Crippen molar-refractivity contribution in [2.45, 2.75) is 38.1 Å². The Balaban J connectivity index is 2.11. The van der Waals surface area contributed by atoms with Crippen molar-refractivity contribution in [2.75, 3.05) is 13.6 Å². The molecule has 0 spiro atoms. The van der Waals surface area contributed by atoms with Gasteiger partial charge in [0.1, 0.15) is 0 Å². The van der Waals surface area contributed by atoms with Crippen molar-refractivity contribution in [3.8, 4) is 0 Å². The number of fused-ring (bicyclic) bond motifs is 1. The van der Waals surface area contributed by atoms with Crippen molar-refractivity contribution in [2.24, 2.45) is 17.6 Å². The summed E-state index contributed by atoms with van der Waals surface area (Å²) in [6.07, 6.45) is 6.35. The zero-order valence-corrected chi connectivity index (χ0v) is 9.72. The van der Waals surface area contributed by atoms with Crippen LogP contribution >= 0.6 is 12.2 Å². The van der Waals surface area contributed by atoms with Crippen molar-refractivity contribution in [1.82, 2.24) is 4.90 Å².